The number of nitrogens with one attached hydrogen (secondary N) is 1. The molecule has 1 unspecified atom stereocenters. The number of furan rings is 1. The molecule has 1 saturated heterocycles. The Morgan fingerprint density at radius 3 is 2.81 bits per heavy atom. The molecule has 0 bridgehead atoms. The number of carboxylic acid groups (broad SMARTS) is 1. The van der Waals surface area contributed by atoms with E-state index in [9.17, 15) is 9.59 Å². The lowest BCUT2D eigenvalue weighted by Gasteiger charge is -2.23. The van der Waals surface area contributed by atoms with Crippen LogP contribution in [0.25, 0.3) is 0 Å². The topological polar surface area (TPSA) is 98.0 Å². The number of amides is 1. The first-order chi connectivity index (χ1) is 12.6. The van der Waals surface area contributed by atoms with Crippen LogP contribution in [-0.2, 0) is 15.2 Å². The summed E-state index contributed by atoms with van der Waals surface area (Å²) >= 11 is 1.35. The number of carbonyl (C=O) groups is 2. The average molecular weight is 377 g/mol. The van der Waals surface area contributed by atoms with Gasteiger partial charge in [0.15, 0.2) is 0 Å². The number of hydrogen-bond donors (Lipinski definition) is 2. The number of hydrogen-bond acceptors (Lipinski definition) is 6. The molecule has 1 aliphatic heterocycles. The van der Waals surface area contributed by atoms with E-state index < -0.39 is 5.97 Å². The van der Waals surface area contributed by atoms with Crippen molar-refractivity contribution in [2.24, 2.45) is 0 Å². The summed E-state index contributed by atoms with van der Waals surface area (Å²) in [5.41, 5.74) is 0.659. The summed E-state index contributed by atoms with van der Waals surface area (Å²) in [4.78, 5) is 24.4. The van der Waals surface area contributed by atoms with Crippen molar-refractivity contribution in [1.29, 1.82) is 0 Å². The third kappa shape index (κ3) is 4.66. The van der Waals surface area contributed by atoms with Gasteiger partial charge in [0.1, 0.15) is 11.3 Å². The molecule has 2 N–H and O–H groups in total. The summed E-state index contributed by atoms with van der Waals surface area (Å²) in [6, 6.07) is 8.59. The van der Waals surface area contributed by atoms with E-state index in [1.807, 2.05) is 12.1 Å². The number of thioether (sulfide) groups is 1. The molecular formula is C18H19NO6S. The quantitative estimate of drug-likeness (QED) is 0.715. The molecule has 3 rings (SSSR count). The molecule has 138 valence electrons. The van der Waals surface area contributed by atoms with E-state index >= 15 is 0 Å². The molecule has 1 atom stereocenters. The Morgan fingerprint density at radius 2 is 2.04 bits per heavy atom. The maximum Gasteiger partial charge on any atom is 0.339 e. The smallest absolute Gasteiger partial charge is 0.339 e. The van der Waals surface area contributed by atoms with Gasteiger partial charge in [-0.25, -0.2) is 4.79 Å². The Balaban J connectivity index is 1.62. The van der Waals surface area contributed by atoms with Crippen molar-refractivity contribution in [3.05, 3.63) is 53.5 Å². The molecule has 26 heavy (non-hydrogen) atoms. The van der Waals surface area contributed by atoms with E-state index in [1.165, 1.54) is 24.1 Å². The number of carbonyl (C=O) groups excluding carboxylic acids is 1. The van der Waals surface area contributed by atoms with E-state index in [0.29, 0.717) is 43.4 Å². The van der Waals surface area contributed by atoms with Crippen LogP contribution in [0, 0.1) is 0 Å². The van der Waals surface area contributed by atoms with Crippen LogP contribution in [-0.4, -0.2) is 49.5 Å². The number of benzene rings is 1. The van der Waals surface area contributed by atoms with E-state index in [0.717, 1.165) is 4.90 Å². The van der Waals surface area contributed by atoms with Crippen molar-refractivity contribution in [2.75, 3.05) is 26.4 Å². The summed E-state index contributed by atoms with van der Waals surface area (Å²) in [6.45, 7) is 1.95. The van der Waals surface area contributed by atoms with Crippen LogP contribution in [0.15, 0.2) is 45.9 Å². The Bertz CT molecular complexity index is 769. The molecule has 1 amide bonds. The molecule has 2 heterocycles. The normalized spacial score (nSPS) is 17.0. The fourth-order valence-electron chi connectivity index (χ4n) is 2.52. The summed E-state index contributed by atoms with van der Waals surface area (Å²) < 4.78 is 16.1. The first kappa shape index (κ1) is 18.5. The van der Waals surface area contributed by atoms with Gasteiger partial charge in [0.05, 0.1) is 43.5 Å². The molecule has 8 heteroatoms. The summed E-state index contributed by atoms with van der Waals surface area (Å²) in [6.07, 6.45) is 1.21. The average Bonchev–Trinajstić information content (AvgIpc) is 3.14. The molecular weight excluding hydrogens is 358 g/mol. The van der Waals surface area contributed by atoms with Crippen LogP contribution >= 0.6 is 11.8 Å². The van der Waals surface area contributed by atoms with Gasteiger partial charge in [-0.05, 0) is 18.2 Å². The van der Waals surface area contributed by atoms with Crippen molar-refractivity contribution in [1.82, 2.24) is 5.32 Å². The van der Waals surface area contributed by atoms with Crippen LogP contribution in [0.2, 0.25) is 0 Å². The highest BCUT2D eigenvalue weighted by atomic mass is 32.2. The predicted molar refractivity (Wildman–Crippen MR) is 94.6 cm³/mol. The molecule has 7 nitrogen and oxygen atoms in total. The number of rotatable bonds is 7. The number of ether oxygens (including phenoxy) is 2. The highest BCUT2D eigenvalue weighted by Crippen LogP contribution is 2.28. The van der Waals surface area contributed by atoms with Crippen LogP contribution in [0.3, 0.4) is 0 Å². The molecule has 2 aromatic rings. The van der Waals surface area contributed by atoms with Gasteiger partial charge in [0, 0.05) is 11.4 Å². The monoisotopic (exact) mass is 377 g/mol. The lowest BCUT2D eigenvalue weighted by atomic mass is 10.2. The largest absolute Gasteiger partial charge is 0.478 e. The van der Waals surface area contributed by atoms with Gasteiger partial charge >= 0.3 is 5.97 Å². The Morgan fingerprint density at radius 1 is 1.19 bits per heavy atom. The molecule has 1 fully saturated rings. The Labute approximate surface area is 154 Å². The van der Waals surface area contributed by atoms with Gasteiger partial charge in [0.2, 0.25) is 0 Å². The molecule has 1 aromatic heterocycles. The molecule has 0 aliphatic carbocycles. The number of carboxylic acids is 1. The van der Waals surface area contributed by atoms with Crippen LogP contribution < -0.4 is 5.32 Å². The van der Waals surface area contributed by atoms with Crippen molar-refractivity contribution >= 4 is 23.6 Å². The van der Waals surface area contributed by atoms with Gasteiger partial charge in [-0.3, -0.25) is 4.79 Å². The fourth-order valence-corrected chi connectivity index (χ4v) is 3.52. The third-order valence-electron chi connectivity index (χ3n) is 3.84. The third-order valence-corrected chi connectivity index (χ3v) is 4.92. The minimum Gasteiger partial charge on any atom is -0.478 e. The van der Waals surface area contributed by atoms with Gasteiger partial charge in [-0.2, -0.15) is 0 Å². The second-order valence-corrected chi connectivity index (χ2v) is 6.64. The second-order valence-electron chi connectivity index (χ2n) is 5.63. The van der Waals surface area contributed by atoms with Gasteiger partial charge in [0.25, 0.3) is 5.91 Å². The van der Waals surface area contributed by atoms with Crippen molar-refractivity contribution in [3.63, 3.8) is 0 Å². The molecule has 1 aromatic carbocycles. The minimum absolute atomic E-state index is 0.133. The molecule has 1 aliphatic rings. The van der Waals surface area contributed by atoms with Gasteiger partial charge in [-0.15, -0.1) is 11.8 Å². The first-order valence-electron chi connectivity index (χ1n) is 8.14. The maximum absolute atomic E-state index is 12.5. The van der Waals surface area contributed by atoms with E-state index in [2.05, 4.69) is 5.32 Å². The molecule has 0 saturated carbocycles. The van der Waals surface area contributed by atoms with E-state index in [4.69, 9.17) is 19.0 Å². The van der Waals surface area contributed by atoms with Crippen LogP contribution in [0.5, 0.6) is 0 Å². The van der Waals surface area contributed by atoms with E-state index in [1.54, 1.807) is 12.1 Å². The molecule has 0 spiro atoms. The lowest BCUT2D eigenvalue weighted by Crippen LogP contribution is -2.39. The van der Waals surface area contributed by atoms with Gasteiger partial charge < -0.3 is 24.3 Å². The Kier molecular flexibility index (Phi) is 6.32. The highest BCUT2D eigenvalue weighted by molar-refractivity contribution is 7.98. The van der Waals surface area contributed by atoms with Crippen molar-refractivity contribution < 1.29 is 28.6 Å². The number of aromatic carboxylic acids is 1. The summed E-state index contributed by atoms with van der Waals surface area (Å²) in [5, 5.41) is 12.0. The van der Waals surface area contributed by atoms with Crippen molar-refractivity contribution in [2.45, 2.75) is 16.8 Å². The zero-order chi connectivity index (χ0) is 18.4. The van der Waals surface area contributed by atoms with E-state index in [-0.39, 0.29) is 17.6 Å². The Hall–Kier alpha value is -2.29. The first-order valence-corrected chi connectivity index (χ1v) is 9.12. The fraction of sp³-hybridized carbons (Fsp3) is 0.333. The zero-order valence-electron chi connectivity index (χ0n) is 14.0. The van der Waals surface area contributed by atoms with Crippen LogP contribution in [0.1, 0.15) is 26.5 Å². The zero-order valence-corrected chi connectivity index (χ0v) is 14.8. The summed E-state index contributed by atoms with van der Waals surface area (Å²) in [7, 11) is 0. The van der Waals surface area contributed by atoms with Crippen molar-refractivity contribution in [3.8, 4) is 0 Å². The standard InChI is InChI=1S/C18H19NO6S/c20-17(19-9-12-10-23-7-8-24-12)14-3-1-2-4-16(14)26-11-15-13(18(21)22)5-6-25-15/h1-6,12H,7-11H2,(H,19,20)(H,21,22). The summed E-state index contributed by atoms with van der Waals surface area (Å²) in [5.74, 6) is -0.556. The molecule has 0 radical (unpaired) electrons. The van der Waals surface area contributed by atoms with Crippen LogP contribution in [0.4, 0.5) is 0 Å². The highest BCUT2D eigenvalue weighted by Gasteiger charge is 2.18. The predicted octanol–water partition coefficient (Wildman–Crippen LogP) is 2.42. The second kappa shape index (κ2) is 8.88. The van der Waals surface area contributed by atoms with Gasteiger partial charge in [-0.1, -0.05) is 12.1 Å². The SMILES string of the molecule is O=C(NCC1COCCO1)c1ccccc1SCc1occc1C(=O)O. The minimum atomic E-state index is -1.03. The maximum atomic E-state index is 12.5. The lowest BCUT2D eigenvalue weighted by molar-refractivity contribution is -0.0855.